The van der Waals surface area contributed by atoms with E-state index in [1.54, 1.807) is 25.2 Å². The van der Waals surface area contributed by atoms with Crippen LogP contribution in [0.4, 0.5) is 5.69 Å². The predicted molar refractivity (Wildman–Crippen MR) is 46.9 cm³/mol. The van der Waals surface area contributed by atoms with Crippen LogP contribution in [0.15, 0.2) is 24.3 Å². The van der Waals surface area contributed by atoms with Crippen molar-refractivity contribution in [1.29, 1.82) is 0 Å². The maximum Gasteiger partial charge on any atom is 0.299 e. The normalized spacial score (nSPS) is 9.83. The van der Waals surface area contributed by atoms with Crippen molar-refractivity contribution in [3.05, 3.63) is 24.3 Å². The van der Waals surface area contributed by atoms with Gasteiger partial charge >= 0.3 is 0 Å². The van der Waals surface area contributed by atoms with Crippen molar-refractivity contribution in [2.24, 2.45) is 0 Å². The molecule has 1 aromatic carbocycles. The molecular weight excluding hydrogens is 178 g/mol. The van der Waals surface area contributed by atoms with Crippen LogP contribution >= 0.6 is 0 Å². The lowest BCUT2D eigenvalue weighted by molar-refractivity contribution is 0.511. The van der Waals surface area contributed by atoms with Crippen LogP contribution in [0.2, 0.25) is 0 Å². The summed E-state index contributed by atoms with van der Waals surface area (Å²) in [5, 5.41) is 2.86. The van der Waals surface area contributed by atoms with Gasteiger partial charge in [-0.3, -0.25) is 0 Å². The van der Waals surface area contributed by atoms with E-state index in [4.69, 9.17) is 0 Å². The minimum Gasteiger partial charge on any atom is -0.388 e. The average Bonchev–Trinajstić information content (AvgIpc) is 2.03. The summed E-state index contributed by atoms with van der Waals surface area (Å²) < 4.78 is 24.8. The number of hydrogen-bond donors (Lipinski definition) is 2. The molecule has 0 radical (unpaired) electrons. The van der Waals surface area contributed by atoms with E-state index in [0.29, 0.717) is 5.75 Å². The summed E-state index contributed by atoms with van der Waals surface area (Å²) in [6, 6.07) is 6.70. The Balaban J connectivity index is 2.86. The first-order valence-electron chi connectivity index (χ1n) is 3.32. The van der Waals surface area contributed by atoms with Crippen LogP contribution in [0.1, 0.15) is 0 Å². The molecule has 0 spiro atoms. The highest BCUT2D eigenvalue weighted by atomic mass is 32.2. The molecule has 0 saturated heterocycles. The first-order valence-corrected chi connectivity index (χ1v) is 4.42. The van der Waals surface area contributed by atoms with Crippen molar-refractivity contribution in [2.45, 2.75) is 0 Å². The van der Waals surface area contributed by atoms with Crippen LogP contribution in [0.25, 0.3) is 0 Å². The molecule has 0 fully saturated rings. The molecule has 0 saturated carbocycles. The van der Waals surface area contributed by atoms with Gasteiger partial charge in [-0.1, -0.05) is 6.07 Å². The van der Waals surface area contributed by atoms with Gasteiger partial charge in [-0.2, -0.15) is 8.42 Å². The van der Waals surface area contributed by atoms with E-state index in [9.17, 15) is 8.42 Å². The van der Waals surface area contributed by atoms with Gasteiger partial charge in [-0.25, -0.2) is 0 Å². The lowest BCUT2D eigenvalue weighted by atomic mass is 10.3. The Morgan fingerprint density at radius 2 is 2.17 bits per heavy atom. The third-order valence-electron chi connectivity index (χ3n) is 1.30. The molecule has 1 aromatic rings. The zero-order chi connectivity index (χ0) is 8.97. The van der Waals surface area contributed by atoms with E-state index >= 15 is 0 Å². The van der Waals surface area contributed by atoms with Gasteiger partial charge in [0.05, 0.1) is 0 Å². The first-order chi connectivity index (χ1) is 5.72. The molecule has 12 heavy (non-hydrogen) atoms. The van der Waals surface area contributed by atoms with Crippen molar-refractivity contribution in [2.75, 3.05) is 12.4 Å². The Kier molecular flexibility index (Phi) is 2.93. The summed E-state index contributed by atoms with van der Waals surface area (Å²) in [4.78, 5) is 0. The van der Waals surface area contributed by atoms with Gasteiger partial charge < -0.3 is 9.50 Å². The third-order valence-corrected chi connectivity index (χ3v) is 1.66. The second-order valence-electron chi connectivity index (χ2n) is 2.09. The van der Waals surface area contributed by atoms with Crippen LogP contribution < -0.4 is 9.50 Å². The molecular formula is C7H9NO3S. The largest absolute Gasteiger partial charge is 0.388 e. The third kappa shape index (κ3) is 2.43. The van der Waals surface area contributed by atoms with Crippen molar-refractivity contribution in [3.63, 3.8) is 0 Å². The molecule has 0 aliphatic carbocycles. The fraction of sp³-hybridized carbons (Fsp3) is 0.143. The van der Waals surface area contributed by atoms with Crippen LogP contribution in [0.3, 0.4) is 0 Å². The van der Waals surface area contributed by atoms with Crippen LogP contribution in [0, 0.1) is 0 Å². The van der Waals surface area contributed by atoms with Gasteiger partial charge in [0.1, 0.15) is 5.75 Å². The zero-order valence-electron chi connectivity index (χ0n) is 6.48. The van der Waals surface area contributed by atoms with E-state index < -0.39 is 11.0 Å². The molecule has 0 aliphatic heterocycles. The number of rotatable bonds is 3. The lowest BCUT2D eigenvalue weighted by Crippen LogP contribution is -1.92. The predicted octanol–water partition coefficient (Wildman–Crippen LogP) is 0.633. The Hall–Kier alpha value is -1.23. The van der Waals surface area contributed by atoms with Gasteiger partial charge in [0.15, 0.2) is 0 Å². The maximum absolute atomic E-state index is 10.2. The Labute approximate surface area is 72.3 Å². The van der Waals surface area contributed by atoms with E-state index in [1.807, 2.05) is 6.07 Å². The van der Waals surface area contributed by atoms with E-state index in [1.165, 1.54) is 0 Å². The van der Waals surface area contributed by atoms with E-state index in [0.717, 1.165) is 5.69 Å². The van der Waals surface area contributed by atoms with E-state index in [-0.39, 0.29) is 0 Å². The fourth-order valence-electron chi connectivity index (χ4n) is 0.794. The van der Waals surface area contributed by atoms with Crippen molar-refractivity contribution in [3.8, 4) is 5.75 Å². The Morgan fingerprint density at radius 1 is 1.42 bits per heavy atom. The molecule has 0 aromatic heterocycles. The molecule has 1 N–H and O–H groups in total. The summed E-state index contributed by atoms with van der Waals surface area (Å²) in [5.74, 6) is 0.318. The van der Waals surface area contributed by atoms with Crippen molar-refractivity contribution >= 4 is 16.7 Å². The molecule has 4 nitrogen and oxygen atoms in total. The summed E-state index contributed by atoms with van der Waals surface area (Å²) >= 11 is 0. The van der Waals surface area contributed by atoms with Gasteiger partial charge in [0, 0.05) is 18.8 Å². The average molecular weight is 187 g/mol. The molecule has 0 amide bonds. The summed E-state index contributed by atoms with van der Waals surface area (Å²) in [6.07, 6.45) is 0. The number of anilines is 1. The van der Waals surface area contributed by atoms with Crippen molar-refractivity contribution < 1.29 is 12.6 Å². The Bertz CT molecular complexity index is 327. The number of nitrogens with one attached hydrogen (secondary N) is 1. The van der Waals surface area contributed by atoms with Gasteiger partial charge in [0.2, 0.25) is 0 Å². The fourth-order valence-corrected chi connectivity index (χ4v) is 1.08. The molecule has 66 valence electrons. The second-order valence-corrected chi connectivity index (χ2v) is 2.72. The van der Waals surface area contributed by atoms with Gasteiger partial charge in [0.25, 0.3) is 11.0 Å². The summed E-state index contributed by atoms with van der Waals surface area (Å²) in [6.45, 7) is 0. The highest BCUT2D eigenvalue weighted by Crippen LogP contribution is 2.16. The van der Waals surface area contributed by atoms with Crippen LogP contribution in [0.5, 0.6) is 5.75 Å². The number of benzene rings is 1. The standard InChI is InChI=1S/C7H9NO3S/c1-8-6-3-2-4-7(5-6)11-12(9)10/h2-5,8,12H,1H3. The zero-order valence-corrected chi connectivity index (χ0v) is 7.38. The molecule has 1 rings (SSSR count). The number of thiol groups is 1. The summed E-state index contributed by atoms with van der Waals surface area (Å²) in [5.41, 5.74) is 0.810. The quantitative estimate of drug-likeness (QED) is 0.681. The minimum absolute atomic E-state index is 0.318. The Morgan fingerprint density at radius 3 is 2.75 bits per heavy atom. The molecule has 0 bridgehead atoms. The maximum atomic E-state index is 10.2. The number of hydrogen-bond acceptors (Lipinski definition) is 4. The van der Waals surface area contributed by atoms with Gasteiger partial charge in [-0.15, -0.1) is 0 Å². The van der Waals surface area contributed by atoms with Crippen LogP contribution in [-0.2, 0) is 11.0 Å². The highest BCUT2D eigenvalue weighted by molar-refractivity contribution is 7.67. The van der Waals surface area contributed by atoms with E-state index in [2.05, 4.69) is 9.50 Å². The summed E-state index contributed by atoms with van der Waals surface area (Å²) in [7, 11) is -1.08. The molecule has 0 aliphatic rings. The molecule has 0 unspecified atom stereocenters. The SMILES string of the molecule is CNc1cccc(O[SH](=O)=O)c1. The minimum atomic E-state index is -2.82. The topological polar surface area (TPSA) is 55.4 Å². The van der Waals surface area contributed by atoms with Crippen LogP contribution in [-0.4, -0.2) is 15.5 Å². The lowest BCUT2D eigenvalue weighted by Gasteiger charge is -2.01. The highest BCUT2D eigenvalue weighted by Gasteiger charge is 1.94. The smallest absolute Gasteiger partial charge is 0.299 e. The molecule has 0 atom stereocenters. The molecule has 5 heteroatoms. The van der Waals surface area contributed by atoms with Gasteiger partial charge in [-0.05, 0) is 12.1 Å². The first kappa shape index (κ1) is 8.86. The monoisotopic (exact) mass is 187 g/mol. The molecule has 0 heterocycles. The van der Waals surface area contributed by atoms with Crippen molar-refractivity contribution in [1.82, 2.24) is 0 Å². The second kappa shape index (κ2) is 3.96.